The van der Waals surface area contributed by atoms with E-state index >= 15 is 0 Å². The number of fused-ring (bicyclic) bond motifs is 1. The molecule has 1 heterocycles. The van der Waals surface area contributed by atoms with Crippen LogP contribution in [0.15, 0.2) is 54.9 Å². The molecule has 0 aliphatic heterocycles. The van der Waals surface area contributed by atoms with Crippen molar-refractivity contribution in [2.45, 2.75) is 12.1 Å². The normalized spacial score (nSPS) is 13.6. The van der Waals surface area contributed by atoms with E-state index in [1.54, 1.807) is 31.2 Å². The van der Waals surface area contributed by atoms with Crippen molar-refractivity contribution >= 4 is 16.7 Å². The largest absolute Gasteiger partial charge is 0.387 e. The Balaban J connectivity index is 1.65. The molecule has 6 nitrogen and oxygen atoms in total. The maximum absolute atomic E-state index is 12.4. The highest BCUT2D eigenvalue weighted by Gasteiger charge is 2.21. The van der Waals surface area contributed by atoms with Crippen LogP contribution in [-0.4, -0.2) is 34.4 Å². The molecular weight excluding hydrogens is 316 g/mol. The number of nitrogens with zero attached hydrogens (tertiary/aromatic N) is 2. The summed E-state index contributed by atoms with van der Waals surface area (Å²) in [6, 6.07) is 13.3. The second-order valence-corrected chi connectivity index (χ2v) is 6.04. The number of aliphatic hydroxyl groups excluding tert-OH is 1. The molecule has 3 aromatic rings. The first-order valence-corrected chi connectivity index (χ1v) is 8.19. The van der Waals surface area contributed by atoms with Crippen LogP contribution in [0.25, 0.3) is 10.8 Å². The molecular formula is C19H22N4O2. The Morgan fingerprint density at radius 1 is 1.20 bits per heavy atom. The van der Waals surface area contributed by atoms with Gasteiger partial charge in [-0.25, -0.2) is 0 Å². The minimum Gasteiger partial charge on any atom is -0.387 e. The lowest BCUT2D eigenvalue weighted by molar-refractivity contribution is -0.123. The molecule has 0 fully saturated rings. The summed E-state index contributed by atoms with van der Waals surface area (Å²) in [6.07, 6.45) is 2.68. The number of aryl methyl sites for hydroxylation is 1. The molecule has 6 heteroatoms. The highest BCUT2D eigenvalue weighted by atomic mass is 16.3. The number of nitrogens with one attached hydrogen (secondary N) is 2. The van der Waals surface area contributed by atoms with E-state index in [1.807, 2.05) is 42.5 Å². The molecule has 1 aromatic heterocycles. The highest BCUT2D eigenvalue weighted by Crippen LogP contribution is 2.20. The Morgan fingerprint density at radius 3 is 2.64 bits per heavy atom. The molecule has 25 heavy (non-hydrogen) atoms. The van der Waals surface area contributed by atoms with Crippen LogP contribution < -0.4 is 10.6 Å². The number of hydrogen-bond donors (Lipinski definition) is 3. The van der Waals surface area contributed by atoms with Crippen molar-refractivity contribution in [3.05, 3.63) is 66.0 Å². The first-order valence-electron chi connectivity index (χ1n) is 8.19. The fraction of sp³-hybridized carbons (Fsp3) is 0.263. The number of rotatable bonds is 6. The van der Waals surface area contributed by atoms with E-state index in [4.69, 9.17) is 0 Å². The van der Waals surface area contributed by atoms with Gasteiger partial charge in [0.25, 0.3) is 0 Å². The predicted molar refractivity (Wildman–Crippen MR) is 96.9 cm³/mol. The van der Waals surface area contributed by atoms with Crippen molar-refractivity contribution in [3.8, 4) is 0 Å². The molecule has 0 aliphatic carbocycles. The van der Waals surface area contributed by atoms with Crippen molar-refractivity contribution in [1.29, 1.82) is 0 Å². The van der Waals surface area contributed by atoms with E-state index in [2.05, 4.69) is 15.7 Å². The van der Waals surface area contributed by atoms with Gasteiger partial charge in [0.1, 0.15) is 6.04 Å². The van der Waals surface area contributed by atoms with E-state index in [0.29, 0.717) is 0 Å². The van der Waals surface area contributed by atoms with Crippen molar-refractivity contribution in [3.63, 3.8) is 0 Å². The summed E-state index contributed by atoms with van der Waals surface area (Å²) in [6.45, 7) is 0.148. The molecule has 2 unspecified atom stereocenters. The molecule has 3 N–H and O–H groups in total. The number of benzene rings is 2. The van der Waals surface area contributed by atoms with Crippen LogP contribution in [0.2, 0.25) is 0 Å². The summed E-state index contributed by atoms with van der Waals surface area (Å²) in [4.78, 5) is 12.4. The average Bonchev–Trinajstić information content (AvgIpc) is 3.05. The standard InChI is InChI=1S/C19H22N4O2/c1-20-18(16-10-22-23(2)12-16)19(25)21-11-17(24)15-8-7-13-5-3-4-6-14(13)9-15/h3-10,12,17-18,20,24H,11H2,1-2H3,(H,21,25). The Kier molecular flexibility index (Phi) is 5.11. The molecule has 0 aliphatic rings. The summed E-state index contributed by atoms with van der Waals surface area (Å²) in [5, 5.41) is 22.4. The van der Waals surface area contributed by atoms with Crippen molar-refractivity contribution in [2.24, 2.45) is 7.05 Å². The Bertz CT molecular complexity index is 874. The van der Waals surface area contributed by atoms with Gasteiger partial charge in [-0.05, 0) is 29.4 Å². The van der Waals surface area contributed by atoms with Crippen molar-refractivity contribution in [1.82, 2.24) is 20.4 Å². The lowest BCUT2D eigenvalue weighted by Gasteiger charge is -2.17. The second kappa shape index (κ2) is 7.46. The molecule has 1 amide bonds. The third-order valence-corrected chi connectivity index (χ3v) is 4.24. The third-order valence-electron chi connectivity index (χ3n) is 4.24. The molecule has 2 atom stereocenters. The van der Waals surface area contributed by atoms with E-state index in [0.717, 1.165) is 21.9 Å². The maximum Gasteiger partial charge on any atom is 0.241 e. The van der Waals surface area contributed by atoms with Gasteiger partial charge in [0.15, 0.2) is 0 Å². The molecule has 0 spiro atoms. The average molecular weight is 338 g/mol. The Morgan fingerprint density at radius 2 is 1.96 bits per heavy atom. The first-order chi connectivity index (χ1) is 12.1. The number of carbonyl (C=O) groups excluding carboxylic acids is 1. The zero-order chi connectivity index (χ0) is 17.8. The molecule has 0 saturated heterocycles. The number of likely N-dealkylation sites (N-methyl/N-ethyl adjacent to an activating group) is 1. The van der Waals surface area contributed by atoms with Gasteiger partial charge < -0.3 is 15.7 Å². The smallest absolute Gasteiger partial charge is 0.241 e. The summed E-state index contributed by atoms with van der Waals surface area (Å²) in [5.74, 6) is -0.199. The van der Waals surface area contributed by atoms with Crippen LogP contribution in [0, 0.1) is 0 Å². The number of carbonyl (C=O) groups is 1. The molecule has 0 bridgehead atoms. The van der Waals surface area contributed by atoms with Gasteiger partial charge in [0, 0.05) is 25.4 Å². The lowest BCUT2D eigenvalue weighted by Crippen LogP contribution is -2.37. The molecule has 2 aromatic carbocycles. The Hall–Kier alpha value is -2.70. The van der Waals surface area contributed by atoms with Crippen LogP contribution in [0.5, 0.6) is 0 Å². The van der Waals surface area contributed by atoms with Crippen molar-refractivity contribution in [2.75, 3.05) is 13.6 Å². The van der Waals surface area contributed by atoms with Gasteiger partial charge in [-0.2, -0.15) is 5.10 Å². The minimum absolute atomic E-state index is 0.148. The topological polar surface area (TPSA) is 79.2 Å². The molecule has 0 radical (unpaired) electrons. The van der Waals surface area contributed by atoms with Crippen LogP contribution in [0.4, 0.5) is 0 Å². The van der Waals surface area contributed by atoms with Crippen LogP contribution in [-0.2, 0) is 11.8 Å². The second-order valence-electron chi connectivity index (χ2n) is 6.04. The highest BCUT2D eigenvalue weighted by molar-refractivity contribution is 5.84. The van der Waals surface area contributed by atoms with E-state index in [9.17, 15) is 9.90 Å². The monoisotopic (exact) mass is 338 g/mol. The van der Waals surface area contributed by atoms with Crippen LogP contribution >= 0.6 is 0 Å². The molecule has 3 rings (SSSR count). The van der Waals surface area contributed by atoms with Gasteiger partial charge in [-0.15, -0.1) is 0 Å². The van der Waals surface area contributed by atoms with E-state index < -0.39 is 12.1 Å². The lowest BCUT2D eigenvalue weighted by atomic mass is 10.0. The molecule has 130 valence electrons. The summed E-state index contributed by atoms with van der Waals surface area (Å²) in [5.41, 5.74) is 1.56. The fourth-order valence-corrected chi connectivity index (χ4v) is 2.87. The summed E-state index contributed by atoms with van der Waals surface area (Å²) in [7, 11) is 3.52. The Labute approximate surface area is 146 Å². The van der Waals surface area contributed by atoms with Gasteiger partial charge in [-0.3, -0.25) is 9.48 Å². The fourth-order valence-electron chi connectivity index (χ4n) is 2.87. The van der Waals surface area contributed by atoms with Crippen molar-refractivity contribution < 1.29 is 9.90 Å². The van der Waals surface area contributed by atoms with Crippen LogP contribution in [0.3, 0.4) is 0 Å². The minimum atomic E-state index is -0.764. The third kappa shape index (κ3) is 3.87. The van der Waals surface area contributed by atoms with E-state index in [1.165, 1.54) is 0 Å². The van der Waals surface area contributed by atoms with Crippen LogP contribution in [0.1, 0.15) is 23.3 Å². The zero-order valence-electron chi connectivity index (χ0n) is 14.3. The number of hydrogen-bond acceptors (Lipinski definition) is 4. The quantitative estimate of drug-likeness (QED) is 0.639. The number of aromatic nitrogens is 2. The zero-order valence-corrected chi connectivity index (χ0v) is 14.3. The van der Waals surface area contributed by atoms with Gasteiger partial charge in [0.05, 0.1) is 12.3 Å². The number of amides is 1. The SMILES string of the molecule is CNC(C(=O)NCC(O)c1ccc2ccccc2c1)c1cnn(C)c1. The first kappa shape index (κ1) is 17.1. The van der Waals surface area contributed by atoms with Gasteiger partial charge in [0.2, 0.25) is 5.91 Å². The summed E-state index contributed by atoms with van der Waals surface area (Å²) >= 11 is 0. The molecule has 0 saturated carbocycles. The van der Waals surface area contributed by atoms with Gasteiger partial charge in [-0.1, -0.05) is 36.4 Å². The number of aliphatic hydroxyl groups is 1. The predicted octanol–water partition coefficient (Wildman–Crippen LogP) is 1.68. The van der Waals surface area contributed by atoms with E-state index in [-0.39, 0.29) is 12.5 Å². The summed E-state index contributed by atoms with van der Waals surface area (Å²) < 4.78 is 1.65. The van der Waals surface area contributed by atoms with Gasteiger partial charge >= 0.3 is 0 Å². The maximum atomic E-state index is 12.4.